The van der Waals surface area contributed by atoms with E-state index in [1.807, 2.05) is 36.2 Å². The van der Waals surface area contributed by atoms with Crippen LogP contribution in [-0.2, 0) is 4.74 Å². The van der Waals surface area contributed by atoms with Crippen LogP contribution >= 0.6 is 0 Å². The molecule has 0 atom stereocenters. The number of nitrogens with zero attached hydrogens (tertiary/aromatic N) is 2. The van der Waals surface area contributed by atoms with E-state index in [0.717, 1.165) is 43.7 Å². The maximum atomic E-state index is 12.4. The summed E-state index contributed by atoms with van der Waals surface area (Å²) in [4.78, 5) is 16.5. The molecule has 1 heterocycles. The Morgan fingerprint density at radius 2 is 1.90 bits per heavy atom. The number of amides is 1. The molecule has 0 saturated carbocycles. The SMILES string of the molecule is CCN(C)c1ccc(C(=O)N2CCC(OC)CC2)cc1. The second kappa shape index (κ2) is 6.75. The predicted octanol–water partition coefficient (Wildman–Crippen LogP) is 2.39. The fourth-order valence-corrected chi connectivity index (χ4v) is 2.52. The second-order valence-electron chi connectivity index (χ2n) is 5.29. The molecular weight excluding hydrogens is 252 g/mol. The fourth-order valence-electron chi connectivity index (χ4n) is 2.52. The summed E-state index contributed by atoms with van der Waals surface area (Å²) >= 11 is 0. The standard InChI is InChI=1S/C16H24N2O2/c1-4-17(2)14-7-5-13(6-8-14)16(19)18-11-9-15(20-3)10-12-18/h5-8,15H,4,9-12H2,1-3H3. The lowest BCUT2D eigenvalue weighted by molar-refractivity contribution is 0.0351. The zero-order chi connectivity index (χ0) is 14.5. The van der Waals surface area contributed by atoms with Crippen LogP contribution in [0.15, 0.2) is 24.3 Å². The minimum Gasteiger partial charge on any atom is -0.381 e. The molecule has 110 valence electrons. The monoisotopic (exact) mass is 276 g/mol. The van der Waals surface area contributed by atoms with Crippen molar-refractivity contribution in [3.8, 4) is 0 Å². The number of benzene rings is 1. The van der Waals surface area contributed by atoms with Gasteiger partial charge in [-0.1, -0.05) is 0 Å². The number of ether oxygens (including phenoxy) is 1. The lowest BCUT2D eigenvalue weighted by Gasteiger charge is -2.31. The summed E-state index contributed by atoms with van der Waals surface area (Å²) < 4.78 is 5.34. The summed E-state index contributed by atoms with van der Waals surface area (Å²) in [6.07, 6.45) is 2.16. The summed E-state index contributed by atoms with van der Waals surface area (Å²) in [6, 6.07) is 7.87. The minimum absolute atomic E-state index is 0.130. The van der Waals surface area contributed by atoms with Crippen molar-refractivity contribution in [3.05, 3.63) is 29.8 Å². The first-order valence-electron chi connectivity index (χ1n) is 7.29. The Morgan fingerprint density at radius 3 is 2.40 bits per heavy atom. The first-order chi connectivity index (χ1) is 9.65. The molecule has 0 N–H and O–H groups in total. The molecule has 1 aromatic rings. The van der Waals surface area contributed by atoms with Crippen LogP contribution in [0.1, 0.15) is 30.1 Å². The van der Waals surface area contributed by atoms with E-state index < -0.39 is 0 Å². The Bertz CT molecular complexity index is 436. The van der Waals surface area contributed by atoms with E-state index in [4.69, 9.17) is 4.74 Å². The molecule has 4 nitrogen and oxygen atoms in total. The zero-order valence-corrected chi connectivity index (χ0v) is 12.6. The Balaban J connectivity index is 1.99. The quantitative estimate of drug-likeness (QED) is 0.846. The highest BCUT2D eigenvalue weighted by Crippen LogP contribution is 2.18. The van der Waals surface area contributed by atoms with Crippen molar-refractivity contribution in [2.75, 3.05) is 38.7 Å². The van der Waals surface area contributed by atoms with E-state index >= 15 is 0 Å². The van der Waals surface area contributed by atoms with Crippen LogP contribution in [0.3, 0.4) is 0 Å². The highest BCUT2D eigenvalue weighted by Gasteiger charge is 2.23. The normalized spacial score (nSPS) is 16.2. The van der Waals surface area contributed by atoms with Gasteiger partial charge in [-0.15, -0.1) is 0 Å². The average molecular weight is 276 g/mol. The van der Waals surface area contributed by atoms with Gasteiger partial charge in [0.1, 0.15) is 0 Å². The Labute approximate surface area is 121 Å². The highest BCUT2D eigenvalue weighted by atomic mass is 16.5. The maximum Gasteiger partial charge on any atom is 0.253 e. The number of likely N-dealkylation sites (tertiary alicyclic amines) is 1. The van der Waals surface area contributed by atoms with Gasteiger partial charge in [-0.2, -0.15) is 0 Å². The summed E-state index contributed by atoms with van der Waals surface area (Å²) in [7, 11) is 3.79. The summed E-state index contributed by atoms with van der Waals surface area (Å²) in [6.45, 7) is 4.64. The van der Waals surface area contributed by atoms with Crippen LogP contribution in [0.2, 0.25) is 0 Å². The molecule has 2 rings (SSSR count). The molecule has 1 fully saturated rings. The second-order valence-corrected chi connectivity index (χ2v) is 5.29. The smallest absolute Gasteiger partial charge is 0.253 e. The third-order valence-electron chi connectivity index (χ3n) is 4.09. The van der Waals surface area contributed by atoms with Gasteiger partial charge in [-0.3, -0.25) is 4.79 Å². The van der Waals surface area contributed by atoms with Crippen LogP contribution < -0.4 is 4.90 Å². The van der Waals surface area contributed by atoms with Gasteiger partial charge in [0, 0.05) is 45.0 Å². The molecule has 1 aliphatic rings. The third kappa shape index (κ3) is 3.31. The van der Waals surface area contributed by atoms with E-state index in [0.29, 0.717) is 6.10 Å². The molecule has 0 aromatic heterocycles. The number of piperidine rings is 1. The van der Waals surface area contributed by atoms with Crippen LogP contribution in [0.5, 0.6) is 0 Å². The van der Waals surface area contributed by atoms with Crippen LogP contribution in [0.4, 0.5) is 5.69 Å². The van der Waals surface area contributed by atoms with Crippen molar-refractivity contribution in [2.24, 2.45) is 0 Å². The number of hydrogen-bond acceptors (Lipinski definition) is 3. The van der Waals surface area contributed by atoms with Gasteiger partial charge in [-0.05, 0) is 44.0 Å². The van der Waals surface area contributed by atoms with Crippen LogP contribution in [0.25, 0.3) is 0 Å². The Morgan fingerprint density at radius 1 is 1.30 bits per heavy atom. The molecule has 1 amide bonds. The molecule has 20 heavy (non-hydrogen) atoms. The van der Waals surface area contributed by atoms with Gasteiger partial charge in [0.25, 0.3) is 5.91 Å². The number of hydrogen-bond donors (Lipinski definition) is 0. The lowest BCUT2D eigenvalue weighted by Crippen LogP contribution is -2.40. The Kier molecular flexibility index (Phi) is 5.01. The molecule has 1 saturated heterocycles. The molecule has 0 bridgehead atoms. The van der Waals surface area contributed by atoms with Gasteiger partial charge < -0.3 is 14.5 Å². The van der Waals surface area contributed by atoms with Gasteiger partial charge in [0.15, 0.2) is 0 Å². The highest BCUT2D eigenvalue weighted by molar-refractivity contribution is 5.94. The molecule has 0 unspecified atom stereocenters. The molecular formula is C16H24N2O2. The number of carbonyl (C=O) groups excluding carboxylic acids is 1. The molecule has 4 heteroatoms. The van der Waals surface area contributed by atoms with Gasteiger partial charge in [0.05, 0.1) is 6.10 Å². The number of anilines is 1. The predicted molar refractivity (Wildman–Crippen MR) is 81.3 cm³/mol. The minimum atomic E-state index is 0.130. The molecule has 0 radical (unpaired) electrons. The van der Waals surface area contributed by atoms with E-state index in [1.165, 1.54) is 0 Å². The Hall–Kier alpha value is -1.55. The maximum absolute atomic E-state index is 12.4. The fraction of sp³-hybridized carbons (Fsp3) is 0.562. The zero-order valence-electron chi connectivity index (χ0n) is 12.6. The first-order valence-corrected chi connectivity index (χ1v) is 7.29. The van der Waals surface area contributed by atoms with Crippen LogP contribution in [0, 0.1) is 0 Å². The van der Waals surface area contributed by atoms with E-state index in [-0.39, 0.29) is 5.91 Å². The summed E-state index contributed by atoms with van der Waals surface area (Å²) in [5.74, 6) is 0.130. The molecule has 1 aromatic carbocycles. The number of carbonyl (C=O) groups is 1. The van der Waals surface area contributed by atoms with Crippen LogP contribution in [-0.4, -0.2) is 50.7 Å². The summed E-state index contributed by atoms with van der Waals surface area (Å²) in [5, 5.41) is 0. The number of methoxy groups -OCH3 is 1. The van der Waals surface area contributed by atoms with E-state index in [2.05, 4.69) is 11.8 Å². The number of rotatable bonds is 4. The average Bonchev–Trinajstić information content (AvgIpc) is 2.53. The van der Waals surface area contributed by atoms with E-state index in [1.54, 1.807) is 7.11 Å². The largest absolute Gasteiger partial charge is 0.381 e. The van der Waals surface area contributed by atoms with Gasteiger partial charge in [-0.25, -0.2) is 0 Å². The van der Waals surface area contributed by atoms with Crippen molar-refractivity contribution in [2.45, 2.75) is 25.9 Å². The van der Waals surface area contributed by atoms with Crippen molar-refractivity contribution in [1.29, 1.82) is 0 Å². The first kappa shape index (κ1) is 14.9. The van der Waals surface area contributed by atoms with Crippen molar-refractivity contribution >= 4 is 11.6 Å². The summed E-state index contributed by atoms with van der Waals surface area (Å²) in [5.41, 5.74) is 1.91. The third-order valence-corrected chi connectivity index (χ3v) is 4.09. The van der Waals surface area contributed by atoms with Crippen molar-refractivity contribution in [3.63, 3.8) is 0 Å². The van der Waals surface area contributed by atoms with Crippen molar-refractivity contribution < 1.29 is 9.53 Å². The lowest BCUT2D eigenvalue weighted by atomic mass is 10.1. The molecule has 1 aliphatic heterocycles. The van der Waals surface area contributed by atoms with E-state index in [9.17, 15) is 4.79 Å². The van der Waals surface area contributed by atoms with Gasteiger partial charge >= 0.3 is 0 Å². The topological polar surface area (TPSA) is 32.8 Å². The molecule has 0 aliphatic carbocycles. The van der Waals surface area contributed by atoms with Gasteiger partial charge in [0.2, 0.25) is 0 Å². The molecule has 0 spiro atoms. The van der Waals surface area contributed by atoms with Crippen molar-refractivity contribution in [1.82, 2.24) is 4.90 Å².